The summed E-state index contributed by atoms with van der Waals surface area (Å²) in [6.07, 6.45) is 1.96. The van der Waals surface area contributed by atoms with Crippen LogP contribution in [0.25, 0.3) is 0 Å². The van der Waals surface area contributed by atoms with Crippen molar-refractivity contribution in [3.05, 3.63) is 29.8 Å². The molecular formula is C14H19NO3. The molecule has 1 fully saturated rings. The maximum atomic E-state index is 11.8. The van der Waals surface area contributed by atoms with Gasteiger partial charge in [-0.3, -0.25) is 0 Å². The molecule has 1 aliphatic rings. The molecule has 1 aromatic rings. The van der Waals surface area contributed by atoms with Gasteiger partial charge >= 0.3 is 5.97 Å². The summed E-state index contributed by atoms with van der Waals surface area (Å²) in [6, 6.07) is 7.28. The molecule has 1 N–H and O–H groups in total. The summed E-state index contributed by atoms with van der Waals surface area (Å²) in [5, 5.41) is 3.01. The van der Waals surface area contributed by atoms with Crippen LogP contribution in [0.1, 0.15) is 23.2 Å². The third-order valence-electron chi connectivity index (χ3n) is 3.20. The second-order valence-electron chi connectivity index (χ2n) is 4.48. The Morgan fingerprint density at radius 3 is 2.61 bits per heavy atom. The fourth-order valence-electron chi connectivity index (χ4n) is 1.96. The van der Waals surface area contributed by atoms with Gasteiger partial charge in [-0.1, -0.05) is 0 Å². The first-order valence-corrected chi connectivity index (χ1v) is 6.32. The average molecular weight is 249 g/mol. The van der Waals surface area contributed by atoms with Gasteiger partial charge in [0.1, 0.15) is 0 Å². The van der Waals surface area contributed by atoms with Crippen molar-refractivity contribution in [1.82, 2.24) is 0 Å². The van der Waals surface area contributed by atoms with E-state index in [4.69, 9.17) is 9.47 Å². The van der Waals surface area contributed by atoms with E-state index in [2.05, 4.69) is 5.32 Å². The Kier molecular flexibility index (Phi) is 4.59. The number of rotatable bonds is 4. The lowest BCUT2D eigenvalue weighted by atomic mass is 10.0. The first-order valence-electron chi connectivity index (χ1n) is 6.32. The molecule has 1 heterocycles. The number of benzene rings is 1. The zero-order chi connectivity index (χ0) is 12.8. The van der Waals surface area contributed by atoms with Gasteiger partial charge in [0.05, 0.1) is 12.2 Å². The van der Waals surface area contributed by atoms with Gasteiger partial charge in [0.25, 0.3) is 0 Å². The summed E-state index contributed by atoms with van der Waals surface area (Å²) in [6.45, 7) is 2.05. The summed E-state index contributed by atoms with van der Waals surface area (Å²) < 4.78 is 10.6. The van der Waals surface area contributed by atoms with Crippen molar-refractivity contribution in [2.24, 2.45) is 5.92 Å². The van der Waals surface area contributed by atoms with Crippen LogP contribution < -0.4 is 5.32 Å². The highest BCUT2D eigenvalue weighted by Gasteiger charge is 2.16. The number of hydrogen-bond donors (Lipinski definition) is 1. The Hall–Kier alpha value is -1.55. The van der Waals surface area contributed by atoms with Gasteiger partial charge < -0.3 is 14.8 Å². The van der Waals surface area contributed by atoms with Crippen LogP contribution in [0.5, 0.6) is 0 Å². The van der Waals surface area contributed by atoms with Gasteiger partial charge in [0.15, 0.2) is 0 Å². The van der Waals surface area contributed by atoms with Crippen LogP contribution in [0, 0.1) is 5.92 Å². The topological polar surface area (TPSA) is 47.6 Å². The molecule has 4 heteroatoms. The molecule has 0 aliphatic carbocycles. The number of carbonyl (C=O) groups is 1. The lowest BCUT2D eigenvalue weighted by Gasteiger charge is -2.21. The first kappa shape index (κ1) is 12.9. The molecule has 0 saturated carbocycles. The zero-order valence-electron chi connectivity index (χ0n) is 10.6. The van der Waals surface area contributed by atoms with E-state index in [1.54, 1.807) is 12.1 Å². The minimum absolute atomic E-state index is 0.246. The summed E-state index contributed by atoms with van der Waals surface area (Å²) in [7, 11) is 1.85. The predicted molar refractivity (Wildman–Crippen MR) is 69.8 cm³/mol. The van der Waals surface area contributed by atoms with Crippen LogP contribution in [0.15, 0.2) is 24.3 Å². The smallest absolute Gasteiger partial charge is 0.338 e. The minimum Gasteiger partial charge on any atom is -0.462 e. The van der Waals surface area contributed by atoms with Gasteiger partial charge in [-0.2, -0.15) is 0 Å². The normalized spacial score (nSPS) is 16.3. The van der Waals surface area contributed by atoms with Gasteiger partial charge in [0.2, 0.25) is 0 Å². The van der Waals surface area contributed by atoms with Crippen LogP contribution in [0.3, 0.4) is 0 Å². The monoisotopic (exact) mass is 249 g/mol. The number of anilines is 1. The fraction of sp³-hybridized carbons (Fsp3) is 0.500. The van der Waals surface area contributed by atoms with Crippen LogP contribution in [-0.2, 0) is 9.47 Å². The Balaban J connectivity index is 1.82. The van der Waals surface area contributed by atoms with Crippen molar-refractivity contribution in [1.29, 1.82) is 0 Å². The molecule has 18 heavy (non-hydrogen) atoms. The summed E-state index contributed by atoms with van der Waals surface area (Å²) >= 11 is 0. The summed E-state index contributed by atoms with van der Waals surface area (Å²) in [5.74, 6) is 0.198. The maximum absolute atomic E-state index is 11.8. The van der Waals surface area contributed by atoms with Gasteiger partial charge in [0, 0.05) is 25.9 Å². The van der Waals surface area contributed by atoms with E-state index in [0.717, 1.165) is 31.7 Å². The quantitative estimate of drug-likeness (QED) is 0.832. The molecule has 0 spiro atoms. The second-order valence-corrected chi connectivity index (χ2v) is 4.48. The molecule has 0 radical (unpaired) electrons. The molecule has 1 aliphatic heterocycles. The molecular weight excluding hydrogens is 230 g/mol. The predicted octanol–water partition coefficient (Wildman–Crippen LogP) is 2.31. The number of esters is 1. The minimum atomic E-state index is -0.246. The molecule has 98 valence electrons. The second kappa shape index (κ2) is 6.40. The number of nitrogens with one attached hydrogen (secondary N) is 1. The third-order valence-corrected chi connectivity index (χ3v) is 3.20. The van der Waals surface area contributed by atoms with Crippen LogP contribution >= 0.6 is 0 Å². The van der Waals surface area contributed by atoms with Crippen LogP contribution in [-0.4, -0.2) is 32.8 Å². The number of hydrogen-bond acceptors (Lipinski definition) is 4. The largest absolute Gasteiger partial charge is 0.462 e. The molecule has 0 unspecified atom stereocenters. The molecule has 0 atom stereocenters. The van der Waals surface area contributed by atoms with E-state index < -0.39 is 0 Å². The van der Waals surface area contributed by atoms with E-state index >= 15 is 0 Å². The van der Waals surface area contributed by atoms with Crippen molar-refractivity contribution in [2.45, 2.75) is 12.8 Å². The van der Waals surface area contributed by atoms with Gasteiger partial charge in [-0.15, -0.1) is 0 Å². The molecule has 0 bridgehead atoms. The molecule has 1 saturated heterocycles. The van der Waals surface area contributed by atoms with Crippen molar-refractivity contribution in [2.75, 3.05) is 32.2 Å². The lowest BCUT2D eigenvalue weighted by molar-refractivity contribution is 0.0185. The van der Waals surface area contributed by atoms with Crippen molar-refractivity contribution in [3.63, 3.8) is 0 Å². The van der Waals surface area contributed by atoms with E-state index in [1.807, 2.05) is 19.2 Å². The van der Waals surface area contributed by atoms with E-state index in [9.17, 15) is 4.79 Å². The van der Waals surface area contributed by atoms with Crippen molar-refractivity contribution in [3.8, 4) is 0 Å². The third kappa shape index (κ3) is 3.47. The number of carbonyl (C=O) groups excluding carboxylic acids is 1. The Morgan fingerprint density at radius 2 is 2.00 bits per heavy atom. The molecule has 0 aromatic heterocycles. The Bertz CT molecular complexity index is 383. The summed E-state index contributed by atoms with van der Waals surface area (Å²) in [4.78, 5) is 11.8. The fourth-order valence-corrected chi connectivity index (χ4v) is 1.96. The van der Waals surface area contributed by atoms with Crippen molar-refractivity contribution < 1.29 is 14.3 Å². The highest BCUT2D eigenvalue weighted by molar-refractivity contribution is 5.89. The Labute approximate surface area is 107 Å². The van der Waals surface area contributed by atoms with Crippen LogP contribution in [0.2, 0.25) is 0 Å². The van der Waals surface area contributed by atoms with E-state index in [-0.39, 0.29) is 5.97 Å². The maximum Gasteiger partial charge on any atom is 0.338 e. The molecule has 0 amide bonds. The Morgan fingerprint density at radius 1 is 1.33 bits per heavy atom. The van der Waals surface area contributed by atoms with E-state index in [1.165, 1.54) is 0 Å². The van der Waals surface area contributed by atoms with Crippen molar-refractivity contribution >= 4 is 11.7 Å². The first-order chi connectivity index (χ1) is 8.79. The molecule has 2 rings (SSSR count). The average Bonchev–Trinajstić information content (AvgIpc) is 2.46. The number of ether oxygens (including phenoxy) is 2. The van der Waals surface area contributed by atoms with Gasteiger partial charge in [-0.05, 0) is 43.0 Å². The highest BCUT2D eigenvalue weighted by atomic mass is 16.5. The lowest BCUT2D eigenvalue weighted by Crippen LogP contribution is -2.21. The molecule has 4 nitrogen and oxygen atoms in total. The highest BCUT2D eigenvalue weighted by Crippen LogP contribution is 2.16. The van der Waals surface area contributed by atoms with E-state index in [0.29, 0.717) is 18.1 Å². The summed E-state index contributed by atoms with van der Waals surface area (Å²) in [5.41, 5.74) is 1.58. The molecule has 1 aromatic carbocycles. The standard InChI is InChI=1S/C14H19NO3/c1-15-13-4-2-12(3-5-13)14(16)18-10-11-6-8-17-9-7-11/h2-5,11,15H,6-10H2,1H3. The van der Waals surface area contributed by atoms with Gasteiger partial charge in [-0.25, -0.2) is 4.79 Å². The zero-order valence-corrected chi connectivity index (χ0v) is 10.6. The van der Waals surface area contributed by atoms with Crippen LogP contribution in [0.4, 0.5) is 5.69 Å². The SMILES string of the molecule is CNc1ccc(C(=O)OCC2CCOCC2)cc1.